The van der Waals surface area contributed by atoms with Gasteiger partial charge in [0.2, 0.25) is 6.23 Å². The maximum atomic E-state index is 11.7. The number of hydrogen-bond acceptors (Lipinski definition) is 6. The third kappa shape index (κ3) is 2.31. The average molecular weight is 239 g/mol. The molecule has 0 saturated carbocycles. The van der Waals surface area contributed by atoms with E-state index in [1.807, 2.05) is 6.92 Å². The predicted molar refractivity (Wildman–Crippen MR) is 56.6 cm³/mol. The second kappa shape index (κ2) is 4.11. The molecule has 6 nitrogen and oxygen atoms in total. The zero-order valence-electron chi connectivity index (χ0n) is 8.44. The summed E-state index contributed by atoms with van der Waals surface area (Å²) in [5.41, 5.74) is 0.973. The minimum Gasteiger partial charge on any atom is -0.231 e. The molecule has 1 heterocycles. The van der Waals surface area contributed by atoms with Crippen LogP contribution in [0.1, 0.15) is 5.56 Å². The Morgan fingerprint density at radius 2 is 1.94 bits per heavy atom. The van der Waals surface area contributed by atoms with Crippen molar-refractivity contribution >= 4 is 16.3 Å². The number of aryl methyl sites for hydroxylation is 1. The number of benzene rings is 1. The van der Waals surface area contributed by atoms with Gasteiger partial charge in [0.1, 0.15) is 0 Å². The molecule has 0 bridgehead atoms. The fourth-order valence-corrected chi connectivity index (χ4v) is 2.06. The molecule has 2 rings (SSSR count). The molecule has 1 atom stereocenters. The number of nitrogens with zero attached hydrogens (tertiary/aromatic N) is 3. The summed E-state index contributed by atoms with van der Waals surface area (Å²) in [6, 6.07) is 6.35. The first-order valence-corrected chi connectivity index (χ1v) is 5.92. The van der Waals surface area contributed by atoms with Gasteiger partial charge in [0, 0.05) is 0 Å². The molecule has 0 aromatic heterocycles. The van der Waals surface area contributed by atoms with E-state index in [9.17, 15) is 8.42 Å². The smallest absolute Gasteiger partial charge is 0.231 e. The van der Waals surface area contributed by atoms with E-state index >= 15 is 0 Å². The molecule has 84 valence electrons. The van der Waals surface area contributed by atoms with Crippen molar-refractivity contribution in [2.24, 2.45) is 15.4 Å². The van der Waals surface area contributed by atoms with Crippen LogP contribution in [0.4, 0.5) is 0 Å². The van der Waals surface area contributed by atoms with Crippen molar-refractivity contribution in [3.05, 3.63) is 29.8 Å². The Labute approximate surface area is 92.8 Å². The molecule has 0 spiro atoms. The summed E-state index contributed by atoms with van der Waals surface area (Å²) in [5.74, 6) is 0. The average Bonchev–Trinajstić information content (AvgIpc) is 2.70. The lowest BCUT2D eigenvalue weighted by atomic mass is 10.2. The zero-order chi connectivity index (χ0) is 11.6. The third-order valence-electron chi connectivity index (χ3n) is 1.95. The molecule has 0 aliphatic carbocycles. The fraction of sp³-hybridized carbons (Fsp3) is 0.222. The van der Waals surface area contributed by atoms with Gasteiger partial charge in [-0.15, -0.1) is 10.2 Å². The predicted octanol–water partition coefficient (Wildman–Crippen LogP) is 1.48. The van der Waals surface area contributed by atoms with Gasteiger partial charge in [-0.2, -0.15) is 8.42 Å². The summed E-state index contributed by atoms with van der Waals surface area (Å²) in [7, 11) is -3.81. The van der Waals surface area contributed by atoms with Gasteiger partial charge in [-0.1, -0.05) is 17.7 Å². The van der Waals surface area contributed by atoms with Crippen molar-refractivity contribution in [3.63, 3.8) is 0 Å². The Kier molecular flexibility index (Phi) is 2.80. The van der Waals surface area contributed by atoms with Crippen LogP contribution in [0.5, 0.6) is 0 Å². The van der Waals surface area contributed by atoms with E-state index in [-0.39, 0.29) is 4.90 Å². The van der Waals surface area contributed by atoms with Gasteiger partial charge in [-0.25, -0.2) is 4.18 Å². The van der Waals surface area contributed by atoms with E-state index in [0.29, 0.717) is 0 Å². The van der Waals surface area contributed by atoms with Crippen molar-refractivity contribution in [1.82, 2.24) is 0 Å². The molecule has 0 fully saturated rings. The molecule has 7 heteroatoms. The first kappa shape index (κ1) is 10.9. The number of hydrogen-bond donors (Lipinski definition) is 0. The molecule has 1 aromatic carbocycles. The summed E-state index contributed by atoms with van der Waals surface area (Å²) in [6.45, 7) is 1.87. The number of rotatable bonds is 3. The standard InChI is InChI=1S/C9H9N3O3S/c1-7-2-4-8(5-3-7)16(13,14)15-9-6-10-12-11-9/h2-6,9H,1H3. The highest BCUT2D eigenvalue weighted by molar-refractivity contribution is 7.86. The molecule has 0 radical (unpaired) electrons. The van der Waals surface area contributed by atoms with Crippen molar-refractivity contribution in [2.75, 3.05) is 0 Å². The minimum absolute atomic E-state index is 0.0913. The molecular formula is C9H9N3O3S. The second-order valence-corrected chi connectivity index (χ2v) is 4.80. The van der Waals surface area contributed by atoms with E-state index in [4.69, 9.17) is 4.18 Å². The van der Waals surface area contributed by atoms with Crippen LogP contribution < -0.4 is 0 Å². The molecular weight excluding hydrogens is 230 g/mol. The Morgan fingerprint density at radius 3 is 2.50 bits per heavy atom. The minimum atomic E-state index is -3.81. The molecule has 0 saturated heterocycles. The lowest BCUT2D eigenvalue weighted by Gasteiger charge is -2.06. The topological polar surface area (TPSA) is 80.5 Å². The summed E-state index contributed by atoms with van der Waals surface area (Å²) >= 11 is 0. The van der Waals surface area contributed by atoms with Crippen LogP contribution in [0.3, 0.4) is 0 Å². The van der Waals surface area contributed by atoms with Gasteiger partial charge in [-0.05, 0) is 24.3 Å². The highest BCUT2D eigenvalue weighted by Gasteiger charge is 2.21. The molecule has 0 N–H and O–H groups in total. The van der Waals surface area contributed by atoms with Crippen LogP contribution >= 0.6 is 0 Å². The third-order valence-corrected chi connectivity index (χ3v) is 3.25. The van der Waals surface area contributed by atoms with Gasteiger partial charge < -0.3 is 0 Å². The van der Waals surface area contributed by atoms with Gasteiger partial charge >= 0.3 is 0 Å². The Hall–Kier alpha value is -1.60. The summed E-state index contributed by atoms with van der Waals surface area (Å²) in [5, 5.41) is 10.1. The second-order valence-electron chi connectivity index (χ2n) is 3.22. The molecule has 1 aliphatic heterocycles. The van der Waals surface area contributed by atoms with Gasteiger partial charge in [0.25, 0.3) is 10.1 Å². The van der Waals surface area contributed by atoms with E-state index in [2.05, 4.69) is 15.4 Å². The summed E-state index contributed by atoms with van der Waals surface area (Å²) in [4.78, 5) is 0.0913. The van der Waals surface area contributed by atoms with Gasteiger partial charge in [0.15, 0.2) is 0 Å². The highest BCUT2D eigenvalue weighted by atomic mass is 32.2. The van der Waals surface area contributed by atoms with Crippen molar-refractivity contribution < 1.29 is 12.6 Å². The van der Waals surface area contributed by atoms with Crippen LogP contribution in [0, 0.1) is 6.92 Å². The van der Waals surface area contributed by atoms with Crippen LogP contribution in [0.15, 0.2) is 44.6 Å². The Morgan fingerprint density at radius 1 is 1.25 bits per heavy atom. The van der Waals surface area contributed by atoms with Crippen LogP contribution in [-0.4, -0.2) is 20.9 Å². The molecule has 1 aliphatic rings. The SMILES string of the molecule is Cc1ccc(S(=O)(=O)OC2C=NN=N2)cc1. The monoisotopic (exact) mass is 239 g/mol. The van der Waals surface area contributed by atoms with Crippen molar-refractivity contribution in [3.8, 4) is 0 Å². The quantitative estimate of drug-likeness (QED) is 0.749. The maximum Gasteiger partial charge on any atom is 0.299 e. The molecule has 0 amide bonds. The van der Waals surface area contributed by atoms with Crippen LogP contribution in [0.25, 0.3) is 0 Å². The van der Waals surface area contributed by atoms with E-state index in [1.165, 1.54) is 18.3 Å². The lowest BCUT2D eigenvalue weighted by Crippen LogP contribution is -2.16. The van der Waals surface area contributed by atoms with Crippen molar-refractivity contribution in [2.45, 2.75) is 18.0 Å². The summed E-state index contributed by atoms with van der Waals surface area (Å²) in [6.07, 6.45) is 0.262. The van der Waals surface area contributed by atoms with Gasteiger partial charge in [-0.3, -0.25) is 0 Å². The molecule has 1 unspecified atom stereocenters. The first-order valence-electron chi connectivity index (χ1n) is 4.51. The Balaban J connectivity index is 2.21. The normalized spacial score (nSPS) is 19.2. The van der Waals surface area contributed by atoms with E-state index < -0.39 is 16.3 Å². The summed E-state index contributed by atoms with van der Waals surface area (Å²) < 4.78 is 28.2. The van der Waals surface area contributed by atoms with E-state index in [1.54, 1.807) is 12.1 Å². The van der Waals surface area contributed by atoms with Gasteiger partial charge in [0.05, 0.1) is 11.1 Å². The lowest BCUT2D eigenvalue weighted by molar-refractivity contribution is 0.283. The largest absolute Gasteiger partial charge is 0.299 e. The first-order chi connectivity index (χ1) is 7.58. The zero-order valence-corrected chi connectivity index (χ0v) is 9.26. The van der Waals surface area contributed by atoms with Crippen LogP contribution in [0.2, 0.25) is 0 Å². The Bertz CT molecular complexity index is 522. The molecule has 16 heavy (non-hydrogen) atoms. The maximum absolute atomic E-state index is 11.7. The van der Waals surface area contributed by atoms with E-state index in [0.717, 1.165) is 5.56 Å². The van der Waals surface area contributed by atoms with Crippen molar-refractivity contribution in [1.29, 1.82) is 0 Å². The van der Waals surface area contributed by atoms with Crippen LogP contribution in [-0.2, 0) is 14.3 Å². The fourth-order valence-electron chi connectivity index (χ4n) is 1.13. The highest BCUT2D eigenvalue weighted by Crippen LogP contribution is 2.16. The molecule has 1 aromatic rings.